The van der Waals surface area contributed by atoms with E-state index in [0.717, 1.165) is 17.3 Å². The smallest absolute Gasteiger partial charge is 0.00112 e. The van der Waals surface area contributed by atoms with Crippen molar-refractivity contribution < 1.29 is 0 Å². The van der Waals surface area contributed by atoms with Crippen LogP contribution in [0.3, 0.4) is 0 Å². The van der Waals surface area contributed by atoms with Gasteiger partial charge in [0.05, 0.1) is 0 Å². The second-order valence-corrected chi connectivity index (χ2v) is 4.34. The van der Waals surface area contributed by atoms with Crippen LogP contribution >= 0.6 is 0 Å². The summed E-state index contributed by atoms with van der Waals surface area (Å²) in [6.07, 6.45) is 2.98. The van der Waals surface area contributed by atoms with Gasteiger partial charge in [0.25, 0.3) is 0 Å². The monoisotopic (exact) mass is 139 g/mol. The molecule has 10 heavy (non-hydrogen) atoms. The molecular weight excluding hydrogens is 122 g/mol. The van der Waals surface area contributed by atoms with Gasteiger partial charge in [-0.3, -0.25) is 0 Å². The number of rotatable bonds is 1. The molecular formula is C9H17N. The summed E-state index contributed by atoms with van der Waals surface area (Å²) >= 11 is 0. The molecule has 1 nitrogen and oxygen atoms in total. The third-order valence-electron chi connectivity index (χ3n) is 3.32. The predicted molar refractivity (Wildman–Crippen MR) is 42.9 cm³/mol. The van der Waals surface area contributed by atoms with Crippen LogP contribution in [0.4, 0.5) is 0 Å². The average molecular weight is 139 g/mol. The average Bonchev–Trinajstić information content (AvgIpc) is 2.42. The molecule has 1 unspecified atom stereocenters. The SMILES string of the molecule is CC(C)C1CNCC12CC2. The first kappa shape index (κ1) is 6.66. The normalized spacial score (nSPS) is 35.7. The Morgan fingerprint density at radius 1 is 1.40 bits per heavy atom. The van der Waals surface area contributed by atoms with Gasteiger partial charge in [0, 0.05) is 6.54 Å². The molecule has 1 aliphatic carbocycles. The minimum atomic E-state index is 0.772. The second-order valence-electron chi connectivity index (χ2n) is 4.34. The topological polar surface area (TPSA) is 12.0 Å². The molecule has 2 aliphatic rings. The van der Waals surface area contributed by atoms with Crippen molar-refractivity contribution in [3.8, 4) is 0 Å². The maximum Gasteiger partial charge on any atom is 0.00112 e. The van der Waals surface area contributed by atoms with Gasteiger partial charge in [-0.25, -0.2) is 0 Å². The molecule has 1 spiro atoms. The highest BCUT2D eigenvalue weighted by Crippen LogP contribution is 2.55. The highest BCUT2D eigenvalue weighted by atomic mass is 15.0. The number of hydrogen-bond donors (Lipinski definition) is 1. The molecule has 1 saturated heterocycles. The van der Waals surface area contributed by atoms with Gasteiger partial charge in [0.2, 0.25) is 0 Å². The van der Waals surface area contributed by atoms with E-state index in [1.807, 2.05) is 0 Å². The van der Waals surface area contributed by atoms with E-state index in [9.17, 15) is 0 Å². The van der Waals surface area contributed by atoms with Crippen molar-refractivity contribution in [3.63, 3.8) is 0 Å². The van der Waals surface area contributed by atoms with E-state index in [-0.39, 0.29) is 0 Å². The van der Waals surface area contributed by atoms with E-state index in [4.69, 9.17) is 0 Å². The lowest BCUT2D eigenvalue weighted by Crippen LogP contribution is -2.19. The molecule has 1 N–H and O–H groups in total. The van der Waals surface area contributed by atoms with Crippen LogP contribution in [0.15, 0.2) is 0 Å². The van der Waals surface area contributed by atoms with Crippen molar-refractivity contribution in [2.24, 2.45) is 17.3 Å². The lowest BCUT2D eigenvalue weighted by Gasteiger charge is -2.20. The Labute approximate surface area is 63.2 Å². The highest BCUT2D eigenvalue weighted by Gasteiger charge is 2.52. The Balaban J connectivity index is 2.07. The fourth-order valence-electron chi connectivity index (χ4n) is 2.48. The lowest BCUT2D eigenvalue weighted by molar-refractivity contribution is 0.301. The summed E-state index contributed by atoms with van der Waals surface area (Å²) in [5, 5.41) is 3.51. The fraction of sp³-hybridized carbons (Fsp3) is 1.00. The molecule has 0 aromatic carbocycles. The summed E-state index contributed by atoms with van der Waals surface area (Å²) in [7, 11) is 0. The van der Waals surface area contributed by atoms with Gasteiger partial charge in [-0.2, -0.15) is 0 Å². The second kappa shape index (κ2) is 1.97. The first-order valence-electron chi connectivity index (χ1n) is 4.45. The van der Waals surface area contributed by atoms with E-state index in [2.05, 4.69) is 19.2 Å². The summed E-state index contributed by atoms with van der Waals surface area (Å²) in [5.74, 6) is 1.87. The van der Waals surface area contributed by atoms with Crippen LogP contribution in [-0.2, 0) is 0 Å². The minimum Gasteiger partial charge on any atom is -0.316 e. The minimum absolute atomic E-state index is 0.772. The van der Waals surface area contributed by atoms with Gasteiger partial charge >= 0.3 is 0 Å². The largest absolute Gasteiger partial charge is 0.316 e. The Hall–Kier alpha value is -0.0400. The summed E-state index contributed by atoms with van der Waals surface area (Å²) in [5.41, 5.74) is 0.772. The van der Waals surface area contributed by atoms with E-state index in [0.29, 0.717) is 0 Å². The van der Waals surface area contributed by atoms with E-state index >= 15 is 0 Å². The van der Waals surface area contributed by atoms with Crippen molar-refractivity contribution in [2.45, 2.75) is 26.7 Å². The molecule has 0 aromatic rings. The van der Waals surface area contributed by atoms with Crippen LogP contribution in [0.1, 0.15) is 26.7 Å². The maximum absolute atomic E-state index is 3.51. The first-order valence-corrected chi connectivity index (χ1v) is 4.45. The molecule has 1 saturated carbocycles. The van der Waals surface area contributed by atoms with Crippen LogP contribution in [0.25, 0.3) is 0 Å². The maximum atomic E-state index is 3.51. The highest BCUT2D eigenvalue weighted by molar-refractivity contribution is 5.05. The van der Waals surface area contributed by atoms with Crippen LogP contribution in [-0.4, -0.2) is 13.1 Å². The Kier molecular flexibility index (Phi) is 1.31. The zero-order valence-electron chi connectivity index (χ0n) is 6.98. The van der Waals surface area contributed by atoms with Gasteiger partial charge in [0.15, 0.2) is 0 Å². The summed E-state index contributed by atoms with van der Waals surface area (Å²) in [6, 6.07) is 0. The van der Waals surface area contributed by atoms with Gasteiger partial charge in [-0.05, 0) is 36.6 Å². The molecule has 58 valence electrons. The van der Waals surface area contributed by atoms with Crippen LogP contribution in [0, 0.1) is 17.3 Å². The van der Waals surface area contributed by atoms with Crippen molar-refractivity contribution in [1.82, 2.24) is 5.32 Å². The predicted octanol–water partition coefficient (Wildman–Crippen LogP) is 1.64. The number of hydrogen-bond acceptors (Lipinski definition) is 1. The Morgan fingerprint density at radius 2 is 2.10 bits per heavy atom. The third-order valence-corrected chi connectivity index (χ3v) is 3.32. The van der Waals surface area contributed by atoms with Crippen molar-refractivity contribution in [2.75, 3.05) is 13.1 Å². The molecule has 0 radical (unpaired) electrons. The van der Waals surface area contributed by atoms with Gasteiger partial charge in [-0.15, -0.1) is 0 Å². The van der Waals surface area contributed by atoms with Crippen molar-refractivity contribution in [3.05, 3.63) is 0 Å². The lowest BCUT2D eigenvalue weighted by atomic mass is 9.84. The fourth-order valence-corrected chi connectivity index (χ4v) is 2.48. The van der Waals surface area contributed by atoms with Gasteiger partial charge < -0.3 is 5.32 Å². The Morgan fingerprint density at radius 3 is 2.50 bits per heavy atom. The molecule has 1 heteroatoms. The zero-order valence-corrected chi connectivity index (χ0v) is 6.98. The molecule has 0 amide bonds. The van der Waals surface area contributed by atoms with Crippen LogP contribution < -0.4 is 5.32 Å². The zero-order chi connectivity index (χ0) is 7.19. The Bertz CT molecular complexity index is 136. The van der Waals surface area contributed by atoms with Crippen LogP contribution in [0.2, 0.25) is 0 Å². The summed E-state index contributed by atoms with van der Waals surface area (Å²) in [6.45, 7) is 7.29. The number of nitrogens with one attached hydrogen (secondary N) is 1. The molecule has 1 heterocycles. The van der Waals surface area contributed by atoms with E-state index in [1.165, 1.54) is 25.9 Å². The molecule has 2 rings (SSSR count). The van der Waals surface area contributed by atoms with Gasteiger partial charge in [0.1, 0.15) is 0 Å². The quantitative estimate of drug-likeness (QED) is 0.582. The summed E-state index contributed by atoms with van der Waals surface area (Å²) in [4.78, 5) is 0. The molecule has 2 fully saturated rings. The van der Waals surface area contributed by atoms with E-state index < -0.39 is 0 Å². The molecule has 0 aromatic heterocycles. The molecule has 0 bridgehead atoms. The molecule has 1 atom stereocenters. The first-order chi connectivity index (χ1) is 4.75. The molecule has 1 aliphatic heterocycles. The van der Waals surface area contributed by atoms with E-state index in [1.54, 1.807) is 0 Å². The van der Waals surface area contributed by atoms with Crippen molar-refractivity contribution >= 4 is 0 Å². The third kappa shape index (κ3) is 0.800. The standard InChI is InChI=1S/C9H17N/c1-7(2)8-5-10-6-9(8)3-4-9/h7-8,10H,3-6H2,1-2H3. The van der Waals surface area contributed by atoms with Gasteiger partial charge in [-0.1, -0.05) is 13.8 Å². The van der Waals surface area contributed by atoms with Crippen LogP contribution in [0.5, 0.6) is 0 Å². The van der Waals surface area contributed by atoms with Crippen molar-refractivity contribution in [1.29, 1.82) is 0 Å². The summed E-state index contributed by atoms with van der Waals surface area (Å²) < 4.78 is 0.